The molecular formula is C24H32N2OS. The van der Waals surface area contributed by atoms with Crippen molar-refractivity contribution >= 4 is 17.7 Å². The van der Waals surface area contributed by atoms with Gasteiger partial charge in [0.05, 0.1) is 5.75 Å². The monoisotopic (exact) mass is 396 g/mol. The second-order valence-corrected chi connectivity index (χ2v) is 8.91. The van der Waals surface area contributed by atoms with E-state index in [2.05, 4.69) is 48.2 Å². The first-order chi connectivity index (χ1) is 13.6. The predicted octanol–water partition coefficient (Wildman–Crippen LogP) is 4.50. The summed E-state index contributed by atoms with van der Waals surface area (Å²) >= 11 is 1.62. The fourth-order valence-electron chi connectivity index (χ4n) is 3.93. The highest BCUT2D eigenvalue weighted by Gasteiger charge is 2.22. The number of piperidine rings is 1. The zero-order valence-corrected chi connectivity index (χ0v) is 18.0. The molecule has 1 aliphatic rings. The van der Waals surface area contributed by atoms with Gasteiger partial charge in [0, 0.05) is 31.6 Å². The van der Waals surface area contributed by atoms with Crippen LogP contribution < -0.4 is 0 Å². The van der Waals surface area contributed by atoms with Crippen LogP contribution in [0.4, 0.5) is 0 Å². The van der Waals surface area contributed by atoms with Gasteiger partial charge in [-0.25, -0.2) is 0 Å². The standard InChI is InChI=1S/C24H32N2OS/c1-20-9-6-7-11-22(20)14-16-26-15-8-10-21(18-26)17-25(2)24(27)19-28-23-12-4-3-5-13-23/h3-7,9,11-13,21H,8,10,14-19H2,1-2H3/t21-/m1/s1. The Kier molecular flexibility index (Phi) is 7.99. The normalized spacial score (nSPS) is 17.4. The van der Waals surface area contributed by atoms with Crippen LogP contribution in [0.3, 0.4) is 0 Å². The molecule has 2 aromatic carbocycles. The summed E-state index contributed by atoms with van der Waals surface area (Å²) in [6, 6.07) is 18.8. The third kappa shape index (κ3) is 6.39. The lowest BCUT2D eigenvalue weighted by Crippen LogP contribution is -2.42. The molecule has 0 saturated carbocycles. The van der Waals surface area contributed by atoms with Crippen molar-refractivity contribution in [1.82, 2.24) is 9.80 Å². The zero-order chi connectivity index (χ0) is 19.8. The van der Waals surface area contributed by atoms with E-state index < -0.39 is 0 Å². The molecule has 0 radical (unpaired) electrons. The summed E-state index contributed by atoms with van der Waals surface area (Å²) in [5.41, 5.74) is 2.84. The molecule has 4 heteroatoms. The van der Waals surface area contributed by atoms with Crippen LogP contribution >= 0.6 is 11.8 Å². The minimum absolute atomic E-state index is 0.228. The van der Waals surface area contributed by atoms with Crippen LogP contribution in [0, 0.1) is 12.8 Å². The summed E-state index contributed by atoms with van der Waals surface area (Å²) in [7, 11) is 1.96. The van der Waals surface area contributed by atoms with E-state index in [9.17, 15) is 4.79 Å². The molecular weight excluding hydrogens is 364 g/mol. The highest BCUT2D eigenvalue weighted by atomic mass is 32.2. The van der Waals surface area contributed by atoms with Gasteiger partial charge in [0.25, 0.3) is 0 Å². The molecule has 0 aliphatic carbocycles. The number of benzene rings is 2. The lowest BCUT2D eigenvalue weighted by Gasteiger charge is -2.34. The van der Waals surface area contributed by atoms with Crippen molar-refractivity contribution in [3.63, 3.8) is 0 Å². The topological polar surface area (TPSA) is 23.6 Å². The minimum atomic E-state index is 0.228. The summed E-state index contributed by atoms with van der Waals surface area (Å²) < 4.78 is 0. The van der Waals surface area contributed by atoms with E-state index in [1.54, 1.807) is 11.8 Å². The van der Waals surface area contributed by atoms with E-state index in [1.165, 1.54) is 30.5 Å². The van der Waals surface area contributed by atoms with Crippen molar-refractivity contribution in [3.8, 4) is 0 Å². The summed E-state index contributed by atoms with van der Waals surface area (Å²) in [4.78, 5) is 18.2. The second-order valence-electron chi connectivity index (χ2n) is 7.86. The van der Waals surface area contributed by atoms with Gasteiger partial charge in [0.1, 0.15) is 0 Å². The number of thioether (sulfide) groups is 1. The van der Waals surface area contributed by atoms with Gasteiger partial charge in [-0.2, -0.15) is 0 Å². The maximum absolute atomic E-state index is 12.5. The van der Waals surface area contributed by atoms with Gasteiger partial charge in [0.2, 0.25) is 5.91 Å². The molecule has 2 aromatic rings. The van der Waals surface area contributed by atoms with Crippen LogP contribution in [0.15, 0.2) is 59.5 Å². The van der Waals surface area contributed by atoms with Crippen LogP contribution in [0.1, 0.15) is 24.0 Å². The molecule has 28 heavy (non-hydrogen) atoms. The molecule has 1 fully saturated rings. The molecule has 1 atom stereocenters. The highest BCUT2D eigenvalue weighted by molar-refractivity contribution is 8.00. The maximum Gasteiger partial charge on any atom is 0.232 e. The van der Waals surface area contributed by atoms with E-state index >= 15 is 0 Å². The van der Waals surface area contributed by atoms with Crippen LogP contribution in [0.2, 0.25) is 0 Å². The van der Waals surface area contributed by atoms with Gasteiger partial charge in [-0.15, -0.1) is 11.8 Å². The number of hydrogen-bond acceptors (Lipinski definition) is 3. The SMILES string of the molecule is Cc1ccccc1CCN1CCC[C@H](CN(C)C(=O)CSc2ccccc2)C1. The maximum atomic E-state index is 12.5. The highest BCUT2D eigenvalue weighted by Crippen LogP contribution is 2.20. The lowest BCUT2D eigenvalue weighted by atomic mass is 9.96. The van der Waals surface area contributed by atoms with Gasteiger partial charge in [-0.05, 0) is 61.9 Å². The van der Waals surface area contributed by atoms with Crippen LogP contribution in [0.25, 0.3) is 0 Å². The number of aryl methyl sites for hydroxylation is 1. The van der Waals surface area contributed by atoms with E-state index in [0.717, 1.165) is 31.0 Å². The Hall–Kier alpha value is -1.78. The smallest absolute Gasteiger partial charge is 0.232 e. The van der Waals surface area contributed by atoms with Crippen LogP contribution in [-0.4, -0.2) is 54.7 Å². The largest absolute Gasteiger partial charge is 0.345 e. The first-order valence-corrected chi connectivity index (χ1v) is 11.3. The van der Waals surface area contributed by atoms with Gasteiger partial charge < -0.3 is 9.80 Å². The molecule has 0 unspecified atom stereocenters. The minimum Gasteiger partial charge on any atom is -0.345 e. The Balaban J connectivity index is 1.42. The molecule has 0 aromatic heterocycles. The average molecular weight is 397 g/mol. The third-order valence-corrected chi connectivity index (χ3v) is 6.62. The van der Waals surface area contributed by atoms with E-state index in [-0.39, 0.29) is 5.91 Å². The van der Waals surface area contributed by atoms with Crippen molar-refractivity contribution < 1.29 is 4.79 Å². The van der Waals surface area contributed by atoms with Gasteiger partial charge in [-0.1, -0.05) is 42.5 Å². The first-order valence-electron chi connectivity index (χ1n) is 10.3. The summed E-state index contributed by atoms with van der Waals surface area (Å²) in [6.07, 6.45) is 3.57. The Morgan fingerprint density at radius 2 is 1.89 bits per heavy atom. The zero-order valence-electron chi connectivity index (χ0n) is 17.1. The second kappa shape index (κ2) is 10.7. The molecule has 0 spiro atoms. The van der Waals surface area contributed by atoms with E-state index in [1.807, 2.05) is 30.1 Å². The lowest BCUT2D eigenvalue weighted by molar-refractivity contribution is -0.127. The van der Waals surface area contributed by atoms with E-state index in [4.69, 9.17) is 0 Å². The van der Waals surface area contributed by atoms with E-state index in [0.29, 0.717) is 11.7 Å². The Morgan fingerprint density at radius 1 is 1.14 bits per heavy atom. The number of nitrogens with zero attached hydrogens (tertiary/aromatic N) is 2. The van der Waals surface area contributed by atoms with Crippen molar-refractivity contribution in [3.05, 3.63) is 65.7 Å². The molecule has 0 bridgehead atoms. The molecule has 3 rings (SSSR count). The van der Waals surface area contributed by atoms with Crippen molar-refractivity contribution in [1.29, 1.82) is 0 Å². The Bertz CT molecular complexity index is 749. The van der Waals surface area contributed by atoms with Gasteiger partial charge in [0.15, 0.2) is 0 Å². The van der Waals surface area contributed by atoms with Crippen molar-refractivity contribution in [2.24, 2.45) is 5.92 Å². The third-order valence-electron chi connectivity index (χ3n) is 5.63. The average Bonchev–Trinajstić information content (AvgIpc) is 2.72. The summed E-state index contributed by atoms with van der Waals surface area (Å²) in [5, 5.41) is 0. The Morgan fingerprint density at radius 3 is 2.68 bits per heavy atom. The molecule has 1 saturated heterocycles. The fourth-order valence-corrected chi connectivity index (χ4v) is 4.79. The quantitative estimate of drug-likeness (QED) is 0.614. The summed E-state index contributed by atoms with van der Waals surface area (Å²) in [5.74, 6) is 1.33. The van der Waals surface area contributed by atoms with Crippen LogP contribution in [-0.2, 0) is 11.2 Å². The number of carbonyl (C=O) groups is 1. The van der Waals surface area contributed by atoms with Crippen molar-refractivity contribution in [2.45, 2.75) is 31.1 Å². The molecule has 1 amide bonds. The molecule has 3 nitrogen and oxygen atoms in total. The van der Waals surface area contributed by atoms with Crippen LogP contribution in [0.5, 0.6) is 0 Å². The number of likely N-dealkylation sites (tertiary alicyclic amines) is 1. The summed E-state index contributed by atoms with van der Waals surface area (Å²) in [6.45, 7) is 6.47. The number of amides is 1. The van der Waals surface area contributed by atoms with Crippen molar-refractivity contribution in [2.75, 3.05) is 39.0 Å². The number of carbonyl (C=O) groups excluding carboxylic acids is 1. The van der Waals surface area contributed by atoms with Gasteiger partial charge >= 0.3 is 0 Å². The number of hydrogen-bond donors (Lipinski definition) is 0. The predicted molar refractivity (Wildman–Crippen MR) is 119 cm³/mol. The molecule has 0 N–H and O–H groups in total. The molecule has 1 heterocycles. The molecule has 150 valence electrons. The number of rotatable bonds is 8. The first kappa shape index (κ1) is 20.9. The Labute approximate surface area is 174 Å². The fraction of sp³-hybridized carbons (Fsp3) is 0.458. The molecule has 1 aliphatic heterocycles. The van der Waals surface area contributed by atoms with Gasteiger partial charge in [-0.3, -0.25) is 4.79 Å².